The van der Waals surface area contributed by atoms with Crippen molar-refractivity contribution in [1.82, 2.24) is 19.5 Å². The minimum atomic E-state index is 0.521. The average molecular weight is 308 g/mol. The Labute approximate surface area is 125 Å². The quantitative estimate of drug-likeness (QED) is 0.775. The van der Waals surface area contributed by atoms with Crippen molar-refractivity contribution in [3.8, 4) is 5.69 Å². The summed E-state index contributed by atoms with van der Waals surface area (Å²) in [6.07, 6.45) is 7.11. The maximum Gasteiger partial charge on any atom is 0.200 e. The number of benzene rings is 1. The highest BCUT2D eigenvalue weighted by molar-refractivity contribution is 6.42. The van der Waals surface area contributed by atoms with Crippen molar-refractivity contribution in [2.45, 2.75) is 6.54 Å². The zero-order chi connectivity index (χ0) is 13.9. The van der Waals surface area contributed by atoms with E-state index in [1.54, 1.807) is 30.9 Å². The molecular weight excluding hydrogens is 297 g/mol. The minimum absolute atomic E-state index is 0.521. The number of aromatic amines is 1. The van der Waals surface area contributed by atoms with Gasteiger partial charge in [0, 0.05) is 24.3 Å². The molecule has 0 saturated heterocycles. The monoisotopic (exact) mass is 307 g/mol. The third-order valence-electron chi connectivity index (χ3n) is 2.77. The number of hydrogen-bond donors (Lipinski definition) is 2. The third kappa shape index (κ3) is 2.79. The zero-order valence-corrected chi connectivity index (χ0v) is 11.9. The lowest BCUT2D eigenvalue weighted by Crippen LogP contribution is -2.01. The van der Waals surface area contributed by atoms with E-state index < -0.39 is 0 Å². The van der Waals surface area contributed by atoms with Gasteiger partial charge < -0.3 is 14.9 Å². The van der Waals surface area contributed by atoms with Gasteiger partial charge in [0.2, 0.25) is 0 Å². The lowest BCUT2D eigenvalue weighted by Gasteiger charge is -2.03. The maximum absolute atomic E-state index is 6.01. The number of hydrogen-bond acceptors (Lipinski definition) is 3. The van der Waals surface area contributed by atoms with E-state index in [0.717, 1.165) is 11.4 Å². The van der Waals surface area contributed by atoms with Crippen molar-refractivity contribution in [1.29, 1.82) is 0 Å². The van der Waals surface area contributed by atoms with Crippen LogP contribution < -0.4 is 5.32 Å². The summed E-state index contributed by atoms with van der Waals surface area (Å²) < 4.78 is 1.89. The van der Waals surface area contributed by atoms with Gasteiger partial charge in [0.05, 0.1) is 28.6 Å². The number of halogens is 2. The van der Waals surface area contributed by atoms with Crippen LogP contribution in [0.5, 0.6) is 0 Å². The number of imidazole rings is 2. The van der Waals surface area contributed by atoms with E-state index in [9.17, 15) is 0 Å². The molecule has 0 atom stereocenters. The average Bonchev–Trinajstić information content (AvgIpc) is 3.10. The van der Waals surface area contributed by atoms with Crippen LogP contribution in [0.3, 0.4) is 0 Å². The largest absolute Gasteiger partial charge is 0.350 e. The first-order valence-electron chi connectivity index (χ1n) is 5.94. The molecule has 5 nitrogen and oxygen atoms in total. The Hall–Kier alpha value is -1.98. The van der Waals surface area contributed by atoms with Crippen molar-refractivity contribution in [3.05, 3.63) is 58.9 Å². The van der Waals surface area contributed by atoms with Crippen LogP contribution in [0.4, 0.5) is 5.95 Å². The summed E-state index contributed by atoms with van der Waals surface area (Å²) in [5, 5.41) is 4.20. The molecule has 3 rings (SSSR count). The molecule has 2 N–H and O–H groups in total. The second-order valence-corrected chi connectivity index (χ2v) is 4.98. The van der Waals surface area contributed by atoms with Crippen molar-refractivity contribution in [2.24, 2.45) is 0 Å². The van der Waals surface area contributed by atoms with Gasteiger partial charge >= 0.3 is 0 Å². The van der Waals surface area contributed by atoms with Gasteiger partial charge in [-0.3, -0.25) is 0 Å². The molecule has 0 fully saturated rings. The minimum Gasteiger partial charge on any atom is -0.350 e. The van der Waals surface area contributed by atoms with Crippen LogP contribution in [-0.4, -0.2) is 19.5 Å². The van der Waals surface area contributed by atoms with Gasteiger partial charge in [-0.1, -0.05) is 23.2 Å². The molecule has 2 aromatic heterocycles. The van der Waals surface area contributed by atoms with Gasteiger partial charge in [-0.15, -0.1) is 0 Å². The second kappa shape index (κ2) is 5.56. The Balaban J connectivity index is 1.74. The first-order chi connectivity index (χ1) is 9.72. The van der Waals surface area contributed by atoms with E-state index in [4.69, 9.17) is 23.2 Å². The maximum atomic E-state index is 6.01. The van der Waals surface area contributed by atoms with E-state index in [1.165, 1.54) is 0 Å². The van der Waals surface area contributed by atoms with Crippen LogP contribution in [0.15, 0.2) is 43.1 Å². The number of nitrogens with zero attached hydrogens (tertiary/aromatic N) is 3. The van der Waals surface area contributed by atoms with Crippen LogP contribution in [-0.2, 0) is 6.54 Å². The lowest BCUT2D eigenvalue weighted by atomic mass is 10.3. The molecule has 0 aliphatic rings. The van der Waals surface area contributed by atoms with Crippen LogP contribution in [0, 0.1) is 0 Å². The lowest BCUT2D eigenvalue weighted by molar-refractivity contribution is 1.04. The fourth-order valence-electron chi connectivity index (χ4n) is 1.78. The molecule has 1 aromatic carbocycles. The number of rotatable bonds is 4. The molecule has 7 heteroatoms. The number of aromatic nitrogens is 4. The van der Waals surface area contributed by atoms with E-state index >= 15 is 0 Å². The molecule has 0 spiro atoms. The molecule has 0 saturated carbocycles. The summed E-state index contributed by atoms with van der Waals surface area (Å²) >= 11 is 11.9. The first kappa shape index (κ1) is 13.0. The van der Waals surface area contributed by atoms with Crippen LogP contribution in [0.1, 0.15) is 5.69 Å². The molecule has 3 aromatic rings. The highest BCUT2D eigenvalue weighted by Gasteiger charge is 2.04. The first-order valence-corrected chi connectivity index (χ1v) is 6.69. The van der Waals surface area contributed by atoms with E-state index in [1.807, 2.05) is 16.8 Å². The fourth-order valence-corrected chi connectivity index (χ4v) is 2.07. The van der Waals surface area contributed by atoms with Gasteiger partial charge in [0.1, 0.15) is 0 Å². The molecule has 0 bridgehead atoms. The summed E-state index contributed by atoms with van der Waals surface area (Å²) in [5.74, 6) is 0.717. The highest BCUT2D eigenvalue weighted by Crippen LogP contribution is 2.24. The summed E-state index contributed by atoms with van der Waals surface area (Å²) in [6, 6.07) is 5.45. The van der Waals surface area contributed by atoms with Crippen LogP contribution >= 0.6 is 23.2 Å². The van der Waals surface area contributed by atoms with Gasteiger partial charge in [0.25, 0.3) is 0 Å². The SMILES string of the molecule is Clc1ccc(-n2cnc(CNc3ncc[nH]3)c2)cc1Cl. The Morgan fingerprint density at radius 2 is 2.10 bits per heavy atom. The van der Waals surface area contributed by atoms with Gasteiger partial charge in [0.15, 0.2) is 5.95 Å². The van der Waals surface area contributed by atoms with Gasteiger partial charge in [-0.05, 0) is 18.2 Å². The van der Waals surface area contributed by atoms with E-state index in [2.05, 4.69) is 20.3 Å². The highest BCUT2D eigenvalue weighted by atomic mass is 35.5. The predicted octanol–water partition coefficient (Wildman–Crippen LogP) is 3.51. The number of anilines is 1. The summed E-state index contributed by atoms with van der Waals surface area (Å²) in [7, 11) is 0. The van der Waals surface area contributed by atoms with Crippen LogP contribution in [0.25, 0.3) is 5.69 Å². The molecule has 2 heterocycles. The molecule has 0 aliphatic carbocycles. The summed E-state index contributed by atoms with van der Waals surface area (Å²) in [4.78, 5) is 11.4. The molecule has 102 valence electrons. The molecule has 0 aliphatic heterocycles. The molecule has 0 amide bonds. The molecule has 0 radical (unpaired) electrons. The smallest absolute Gasteiger partial charge is 0.200 e. The third-order valence-corrected chi connectivity index (χ3v) is 3.51. The van der Waals surface area contributed by atoms with Crippen molar-refractivity contribution in [2.75, 3.05) is 5.32 Å². The Morgan fingerprint density at radius 3 is 2.85 bits per heavy atom. The Bertz CT molecular complexity index is 705. The summed E-state index contributed by atoms with van der Waals surface area (Å²) in [6.45, 7) is 0.585. The van der Waals surface area contributed by atoms with Crippen molar-refractivity contribution < 1.29 is 0 Å². The molecule has 0 unspecified atom stereocenters. The summed E-state index contributed by atoms with van der Waals surface area (Å²) in [5.41, 5.74) is 1.81. The standard InChI is InChI=1S/C13H11Cl2N5/c14-11-2-1-10(5-12(11)15)20-7-9(19-8-20)6-18-13-16-3-4-17-13/h1-5,7-8H,6H2,(H2,16,17,18). The number of H-pyrrole nitrogens is 1. The number of nitrogens with one attached hydrogen (secondary N) is 2. The van der Waals surface area contributed by atoms with Gasteiger partial charge in [-0.2, -0.15) is 0 Å². The Kier molecular flexibility index (Phi) is 3.62. The second-order valence-electron chi connectivity index (χ2n) is 4.16. The topological polar surface area (TPSA) is 58.5 Å². The molecular formula is C13H11Cl2N5. The van der Waals surface area contributed by atoms with Crippen molar-refractivity contribution in [3.63, 3.8) is 0 Å². The fraction of sp³-hybridized carbons (Fsp3) is 0.0769. The van der Waals surface area contributed by atoms with Crippen molar-refractivity contribution >= 4 is 29.2 Å². The predicted molar refractivity (Wildman–Crippen MR) is 79.5 cm³/mol. The molecule has 20 heavy (non-hydrogen) atoms. The zero-order valence-electron chi connectivity index (χ0n) is 10.3. The van der Waals surface area contributed by atoms with E-state index in [-0.39, 0.29) is 0 Å². The van der Waals surface area contributed by atoms with E-state index in [0.29, 0.717) is 22.5 Å². The Morgan fingerprint density at radius 1 is 1.20 bits per heavy atom. The van der Waals surface area contributed by atoms with Gasteiger partial charge in [-0.25, -0.2) is 9.97 Å². The normalized spacial score (nSPS) is 10.7. The van der Waals surface area contributed by atoms with Crippen LogP contribution in [0.2, 0.25) is 10.0 Å².